The van der Waals surface area contributed by atoms with Gasteiger partial charge in [0, 0.05) is 37.9 Å². The van der Waals surface area contributed by atoms with Gasteiger partial charge in [-0.15, -0.1) is 53.6 Å². The van der Waals surface area contributed by atoms with Crippen LogP contribution in [0.1, 0.15) is 57.2 Å². The number of fused-ring (bicyclic) bond motifs is 3. The molecule has 0 aliphatic rings. The van der Waals surface area contributed by atoms with E-state index >= 15 is 0 Å². The molecule has 4 aromatic carbocycles. The van der Waals surface area contributed by atoms with Gasteiger partial charge in [0.15, 0.2) is 0 Å². The zero-order chi connectivity index (χ0) is 35.6. The molecule has 0 aliphatic heterocycles. The van der Waals surface area contributed by atoms with Gasteiger partial charge < -0.3 is 14.4 Å². The fourth-order valence-electron chi connectivity index (χ4n) is 6.52. The number of benzene rings is 4. The molecule has 7 aromatic rings. The van der Waals surface area contributed by atoms with E-state index in [4.69, 9.17) is 4.42 Å². The van der Waals surface area contributed by atoms with Gasteiger partial charge in [-0.1, -0.05) is 137 Å². The van der Waals surface area contributed by atoms with Crippen molar-refractivity contribution in [3.63, 3.8) is 0 Å². The predicted octanol–water partition coefficient (Wildman–Crippen LogP) is 12.2. The average molecular weight is 865 g/mol. The van der Waals surface area contributed by atoms with Crippen LogP contribution in [0.25, 0.3) is 55.6 Å². The van der Waals surface area contributed by atoms with Gasteiger partial charge in [-0.05, 0) is 58.6 Å². The molecule has 0 spiro atoms. The fraction of sp³-hybridized carbons (Fsp3) is 0.261. The Morgan fingerprint density at radius 1 is 0.784 bits per heavy atom. The predicted molar refractivity (Wildman–Crippen MR) is 215 cm³/mol. The third-order valence-corrected chi connectivity index (χ3v) is 11.2. The van der Waals surface area contributed by atoms with E-state index in [0.29, 0.717) is 5.92 Å². The van der Waals surface area contributed by atoms with Gasteiger partial charge in [0.2, 0.25) is 0 Å². The molecule has 0 bridgehead atoms. The van der Waals surface area contributed by atoms with E-state index in [9.17, 15) is 0 Å². The Kier molecular flexibility index (Phi) is 11.7. The molecule has 7 rings (SSSR count). The largest absolute Gasteiger partial charge is 0.501 e. The van der Waals surface area contributed by atoms with Gasteiger partial charge in [0.05, 0.1) is 13.7 Å². The maximum atomic E-state index is 6.37. The summed E-state index contributed by atoms with van der Waals surface area (Å²) >= 11 is 0. The molecule has 263 valence electrons. The van der Waals surface area contributed by atoms with Crippen LogP contribution < -0.4 is 5.19 Å². The average Bonchev–Trinajstić information content (AvgIpc) is 3.46. The Morgan fingerprint density at radius 2 is 1.55 bits per heavy atom. The van der Waals surface area contributed by atoms with Crippen LogP contribution in [0.15, 0.2) is 114 Å². The van der Waals surface area contributed by atoms with Crippen molar-refractivity contribution in [3.8, 4) is 33.6 Å². The number of aryl methyl sites for hydroxylation is 1. The molecule has 0 saturated carbocycles. The Labute approximate surface area is 319 Å². The second-order valence-electron chi connectivity index (χ2n) is 15.9. The zero-order valence-corrected chi connectivity index (χ0v) is 34.7. The van der Waals surface area contributed by atoms with Crippen molar-refractivity contribution >= 4 is 35.2 Å². The van der Waals surface area contributed by atoms with E-state index in [0.717, 1.165) is 56.4 Å². The number of hydrogen-bond donors (Lipinski definition) is 0. The molecule has 3 heterocycles. The van der Waals surface area contributed by atoms with Crippen molar-refractivity contribution in [2.24, 2.45) is 5.41 Å². The van der Waals surface area contributed by atoms with Crippen LogP contribution in [0.4, 0.5) is 0 Å². The summed E-state index contributed by atoms with van der Waals surface area (Å²) in [4.78, 5) is 9.29. The Bertz CT molecular complexity index is 2240. The topological polar surface area (TPSA) is 38.9 Å². The number of rotatable bonds is 6. The number of aromatic nitrogens is 2. The van der Waals surface area contributed by atoms with Gasteiger partial charge in [-0.2, -0.15) is 0 Å². The summed E-state index contributed by atoms with van der Waals surface area (Å²) in [6.07, 6.45) is 4.96. The Hall–Kier alpha value is -4.15. The molecule has 0 aliphatic carbocycles. The van der Waals surface area contributed by atoms with Crippen LogP contribution in [0, 0.1) is 24.5 Å². The van der Waals surface area contributed by atoms with Gasteiger partial charge >= 0.3 is 0 Å². The van der Waals surface area contributed by atoms with Gasteiger partial charge in [0.1, 0.15) is 5.58 Å². The Morgan fingerprint density at radius 3 is 2.20 bits per heavy atom. The van der Waals surface area contributed by atoms with E-state index in [2.05, 4.69) is 174 Å². The quantitative estimate of drug-likeness (QED) is 0.123. The van der Waals surface area contributed by atoms with Crippen molar-refractivity contribution in [1.29, 1.82) is 0 Å². The summed E-state index contributed by atoms with van der Waals surface area (Å²) in [5, 5.41) is 3.66. The first-order chi connectivity index (χ1) is 23.8. The third kappa shape index (κ3) is 9.02. The summed E-state index contributed by atoms with van der Waals surface area (Å²) in [5.74, 6) is 0.546. The van der Waals surface area contributed by atoms with Crippen molar-refractivity contribution in [3.05, 3.63) is 138 Å². The smallest absolute Gasteiger partial charge is 0.121 e. The molecular weight excluding hydrogens is 817 g/mol. The molecule has 51 heavy (non-hydrogen) atoms. The number of hydrogen-bond acceptors (Lipinski definition) is 3. The summed E-state index contributed by atoms with van der Waals surface area (Å²) in [6, 6.07) is 40.5. The van der Waals surface area contributed by atoms with E-state index < -0.39 is 8.07 Å². The number of pyridine rings is 2. The monoisotopic (exact) mass is 865 g/mol. The summed E-state index contributed by atoms with van der Waals surface area (Å²) in [6.45, 7) is 20.4. The van der Waals surface area contributed by atoms with Crippen LogP contribution in [0.2, 0.25) is 19.6 Å². The van der Waals surface area contributed by atoms with Crippen LogP contribution in [0.5, 0.6) is 0 Å². The summed E-state index contributed by atoms with van der Waals surface area (Å²) < 4.78 is 6.37. The standard InChI is InChI=1S/C28H24NO.C18H24NSi.Ir/c1-28(2,3)18-19-14-15-29-25(16-19)24-11-7-10-23-22-13-12-21(17-26(22)30-27(23)24)20-8-5-4-6-9-20;1-13(2)15-7-9-16(10-8-15)17-11-14(3)18(12-19-17)20(4,5)6;/h4-10,12-17H,18H2,1-3H3;7-9,11-13H,1-6H3;/q2*-1;. The molecule has 3 nitrogen and oxygen atoms in total. The zero-order valence-electron chi connectivity index (χ0n) is 31.3. The summed E-state index contributed by atoms with van der Waals surface area (Å²) in [7, 11) is -1.30. The molecule has 3 aromatic heterocycles. The van der Waals surface area contributed by atoms with Gasteiger partial charge in [0.25, 0.3) is 0 Å². The van der Waals surface area contributed by atoms with Gasteiger partial charge in [-0.25, -0.2) is 0 Å². The number of nitrogens with zero attached hydrogens (tertiary/aromatic N) is 2. The second kappa shape index (κ2) is 15.6. The first kappa shape index (κ1) is 38.1. The second-order valence-corrected chi connectivity index (χ2v) is 20.9. The third-order valence-electron chi connectivity index (χ3n) is 9.05. The first-order valence-corrected chi connectivity index (χ1v) is 21.1. The minimum atomic E-state index is -1.30. The van der Waals surface area contributed by atoms with Crippen molar-refractivity contribution in [2.75, 3.05) is 0 Å². The molecule has 0 saturated heterocycles. The van der Waals surface area contributed by atoms with E-state index in [-0.39, 0.29) is 25.5 Å². The molecule has 1 radical (unpaired) electrons. The van der Waals surface area contributed by atoms with Crippen LogP contribution >= 0.6 is 0 Å². The fourth-order valence-corrected chi connectivity index (χ4v) is 8.23. The van der Waals surface area contributed by atoms with E-state index in [1.165, 1.54) is 27.4 Å². The van der Waals surface area contributed by atoms with E-state index in [1.807, 2.05) is 18.3 Å². The van der Waals surface area contributed by atoms with Crippen LogP contribution in [-0.4, -0.2) is 18.0 Å². The minimum Gasteiger partial charge on any atom is -0.501 e. The normalized spacial score (nSPS) is 11.7. The molecule has 0 fully saturated rings. The van der Waals surface area contributed by atoms with Crippen molar-refractivity contribution in [2.45, 2.75) is 73.5 Å². The SMILES string of the molecule is CC(C)(C)Cc1ccnc(-c2[c-]ccc3c2oc2cc(-c4ccccc4)ccc23)c1.Cc1cc(-c2[c-]cc(C(C)C)cc2)ncc1[Si](C)(C)C.[Ir]. The van der Waals surface area contributed by atoms with Crippen LogP contribution in [-0.2, 0) is 26.5 Å². The van der Waals surface area contributed by atoms with Crippen molar-refractivity contribution in [1.82, 2.24) is 9.97 Å². The van der Waals surface area contributed by atoms with Crippen molar-refractivity contribution < 1.29 is 24.5 Å². The minimum absolute atomic E-state index is 0. The molecule has 5 heteroatoms. The van der Waals surface area contributed by atoms with E-state index in [1.54, 1.807) is 0 Å². The first-order valence-electron chi connectivity index (χ1n) is 17.6. The molecule has 0 N–H and O–H groups in total. The number of furan rings is 1. The maximum absolute atomic E-state index is 6.37. The Balaban J connectivity index is 0.000000211. The molecular formula is C46H48IrN2OSi-2. The molecule has 0 unspecified atom stereocenters. The van der Waals surface area contributed by atoms with Gasteiger partial charge in [-0.3, -0.25) is 0 Å². The maximum Gasteiger partial charge on any atom is 0.121 e. The van der Waals surface area contributed by atoms with Crippen LogP contribution in [0.3, 0.4) is 0 Å². The summed E-state index contributed by atoms with van der Waals surface area (Å²) in [5.41, 5.74) is 12.2. The molecule has 0 atom stereocenters. The molecule has 0 amide bonds.